The van der Waals surface area contributed by atoms with Crippen LogP contribution in [-0.4, -0.2) is 26.2 Å². The molecule has 0 saturated heterocycles. The van der Waals surface area contributed by atoms with E-state index < -0.39 is 17.4 Å². The van der Waals surface area contributed by atoms with E-state index in [1.807, 2.05) is 13.0 Å². The highest BCUT2D eigenvalue weighted by Gasteiger charge is 2.46. The number of carbonyl (C=O) groups excluding carboxylic acids is 2. The van der Waals surface area contributed by atoms with Gasteiger partial charge in [0.15, 0.2) is 5.41 Å². The number of carbonyl (C=O) groups is 2. The first-order valence-corrected chi connectivity index (χ1v) is 6.42. The average molecular weight is 278 g/mol. The molecule has 0 saturated carbocycles. The zero-order valence-corrected chi connectivity index (χ0v) is 12.3. The first-order chi connectivity index (χ1) is 9.58. The van der Waals surface area contributed by atoms with Gasteiger partial charge in [-0.15, -0.1) is 5.73 Å². The Balaban J connectivity index is 5.46. The fourth-order valence-electron chi connectivity index (χ4n) is 1.69. The third-order valence-corrected chi connectivity index (χ3v) is 2.78. The molecule has 0 N–H and O–H groups in total. The second kappa shape index (κ2) is 9.82. The summed E-state index contributed by atoms with van der Waals surface area (Å²) < 4.78 is 9.54. The molecule has 0 aromatic rings. The summed E-state index contributed by atoms with van der Waals surface area (Å²) in [5.74, 6) is -1.24. The summed E-state index contributed by atoms with van der Waals surface area (Å²) in [6, 6.07) is 0. The Morgan fingerprint density at radius 1 is 1.15 bits per heavy atom. The number of ether oxygens (including phenoxy) is 2. The van der Waals surface area contributed by atoms with Gasteiger partial charge in [-0.25, -0.2) is 0 Å². The fourth-order valence-corrected chi connectivity index (χ4v) is 1.69. The van der Waals surface area contributed by atoms with Crippen molar-refractivity contribution in [3.8, 4) is 0 Å². The zero-order chi connectivity index (χ0) is 15.4. The number of rotatable bonds is 8. The molecule has 0 aliphatic rings. The Morgan fingerprint density at radius 2 is 1.75 bits per heavy atom. The van der Waals surface area contributed by atoms with Crippen molar-refractivity contribution in [3.63, 3.8) is 0 Å². The van der Waals surface area contributed by atoms with E-state index in [0.717, 1.165) is 6.42 Å². The van der Waals surface area contributed by atoms with Crippen molar-refractivity contribution < 1.29 is 19.1 Å². The molecule has 0 rings (SSSR count). The highest BCUT2D eigenvalue weighted by Crippen LogP contribution is 2.31. The molecular weight excluding hydrogens is 256 g/mol. The summed E-state index contributed by atoms with van der Waals surface area (Å²) in [4.78, 5) is 24.1. The third kappa shape index (κ3) is 4.90. The van der Waals surface area contributed by atoms with E-state index in [1.54, 1.807) is 24.3 Å². The lowest BCUT2D eigenvalue weighted by atomic mass is 9.80. The van der Waals surface area contributed by atoms with Crippen molar-refractivity contribution in [3.05, 3.63) is 42.7 Å². The largest absolute Gasteiger partial charge is 0.468 e. The van der Waals surface area contributed by atoms with Crippen LogP contribution in [0.3, 0.4) is 0 Å². The standard InChI is InChI=1S/C16H22O4/c1-5-7-9-11-13-16(14(17)19-3,15(18)20-4)12-10-8-6-2/h6-8,10-11H,2,5,12-13H2,1,3-4H3/b10-8+. The lowest BCUT2D eigenvalue weighted by Crippen LogP contribution is -2.40. The summed E-state index contributed by atoms with van der Waals surface area (Å²) in [5.41, 5.74) is 1.55. The SMILES string of the molecule is C=C/C=C/CC(CC=C=CCC)(C(=O)OC)C(=O)OC. The van der Waals surface area contributed by atoms with Crippen molar-refractivity contribution in [1.29, 1.82) is 0 Å². The van der Waals surface area contributed by atoms with Crippen molar-refractivity contribution in [2.75, 3.05) is 14.2 Å². The maximum Gasteiger partial charge on any atom is 0.323 e. The lowest BCUT2D eigenvalue weighted by Gasteiger charge is -2.25. The monoisotopic (exact) mass is 278 g/mol. The Morgan fingerprint density at radius 3 is 2.20 bits per heavy atom. The van der Waals surface area contributed by atoms with E-state index in [2.05, 4.69) is 12.3 Å². The molecule has 110 valence electrons. The van der Waals surface area contributed by atoms with Gasteiger partial charge < -0.3 is 9.47 Å². The number of methoxy groups -OCH3 is 2. The highest BCUT2D eigenvalue weighted by molar-refractivity contribution is 6.00. The molecule has 20 heavy (non-hydrogen) atoms. The zero-order valence-electron chi connectivity index (χ0n) is 12.3. The number of hydrogen-bond donors (Lipinski definition) is 0. The van der Waals surface area contributed by atoms with Crippen LogP contribution in [0.2, 0.25) is 0 Å². The molecule has 0 heterocycles. The molecule has 0 radical (unpaired) electrons. The van der Waals surface area contributed by atoms with E-state index in [1.165, 1.54) is 14.2 Å². The molecule has 0 aromatic carbocycles. The van der Waals surface area contributed by atoms with Crippen LogP contribution >= 0.6 is 0 Å². The van der Waals surface area contributed by atoms with Gasteiger partial charge in [-0.05, 0) is 31.4 Å². The van der Waals surface area contributed by atoms with Crippen molar-refractivity contribution in [2.24, 2.45) is 5.41 Å². The minimum atomic E-state index is -1.38. The van der Waals surface area contributed by atoms with Crippen LogP contribution in [0, 0.1) is 5.41 Å². The average Bonchev–Trinajstić information content (AvgIpc) is 2.48. The maximum atomic E-state index is 12.1. The topological polar surface area (TPSA) is 52.6 Å². The lowest BCUT2D eigenvalue weighted by molar-refractivity contribution is -0.168. The smallest absolute Gasteiger partial charge is 0.323 e. The molecule has 0 bridgehead atoms. The third-order valence-electron chi connectivity index (χ3n) is 2.78. The summed E-state index contributed by atoms with van der Waals surface area (Å²) >= 11 is 0. The van der Waals surface area contributed by atoms with Crippen molar-refractivity contribution >= 4 is 11.9 Å². The molecule has 0 aliphatic heterocycles. The Kier molecular flexibility index (Phi) is 8.80. The highest BCUT2D eigenvalue weighted by atomic mass is 16.5. The van der Waals surface area contributed by atoms with Crippen LogP contribution in [0.15, 0.2) is 42.7 Å². The van der Waals surface area contributed by atoms with Gasteiger partial charge in [-0.3, -0.25) is 9.59 Å². The Bertz CT molecular complexity index is 410. The van der Waals surface area contributed by atoms with Gasteiger partial charge in [-0.2, -0.15) is 0 Å². The van der Waals surface area contributed by atoms with Crippen LogP contribution < -0.4 is 0 Å². The fraction of sp³-hybridized carbons (Fsp3) is 0.438. The molecule has 0 spiro atoms. The normalized spacial score (nSPS) is 10.6. The molecule has 0 atom stereocenters. The summed E-state index contributed by atoms with van der Waals surface area (Å²) in [7, 11) is 2.51. The minimum absolute atomic E-state index is 0.171. The van der Waals surface area contributed by atoms with Crippen LogP contribution in [-0.2, 0) is 19.1 Å². The van der Waals surface area contributed by atoms with E-state index in [-0.39, 0.29) is 12.8 Å². The van der Waals surface area contributed by atoms with Gasteiger partial charge in [0, 0.05) is 0 Å². The van der Waals surface area contributed by atoms with Gasteiger partial charge in [0.2, 0.25) is 0 Å². The van der Waals surface area contributed by atoms with E-state index in [9.17, 15) is 9.59 Å². The number of hydrogen-bond acceptors (Lipinski definition) is 4. The maximum absolute atomic E-state index is 12.1. The summed E-state index contributed by atoms with van der Waals surface area (Å²) in [5, 5.41) is 0. The van der Waals surface area contributed by atoms with Gasteiger partial charge in [0.05, 0.1) is 14.2 Å². The second-order valence-corrected chi connectivity index (χ2v) is 4.12. The quantitative estimate of drug-likeness (QED) is 0.296. The van der Waals surface area contributed by atoms with Crippen LogP contribution in [0.4, 0.5) is 0 Å². The molecule has 0 fully saturated rings. The van der Waals surface area contributed by atoms with Crippen molar-refractivity contribution in [1.82, 2.24) is 0 Å². The molecule has 0 unspecified atom stereocenters. The molecule has 4 nitrogen and oxygen atoms in total. The number of esters is 2. The van der Waals surface area contributed by atoms with Gasteiger partial charge in [0.25, 0.3) is 0 Å². The number of allylic oxidation sites excluding steroid dienone is 4. The molecule has 0 aliphatic carbocycles. The second-order valence-electron chi connectivity index (χ2n) is 4.12. The first kappa shape index (κ1) is 17.9. The van der Waals surface area contributed by atoms with Gasteiger partial charge >= 0.3 is 11.9 Å². The molecule has 0 amide bonds. The van der Waals surface area contributed by atoms with Crippen molar-refractivity contribution in [2.45, 2.75) is 26.2 Å². The van der Waals surface area contributed by atoms with Gasteiger partial charge in [-0.1, -0.05) is 31.7 Å². The van der Waals surface area contributed by atoms with Crippen LogP contribution in [0.25, 0.3) is 0 Å². The molecule has 0 aromatic heterocycles. The van der Waals surface area contributed by atoms with Gasteiger partial charge in [0.1, 0.15) is 0 Å². The van der Waals surface area contributed by atoms with Crippen LogP contribution in [0.1, 0.15) is 26.2 Å². The molecular formula is C16H22O4. The minimum Gasteiger partial charge on any atom is -0.468 e. The summed E-state index contributed by atoms with van der Waals surface area (Å²) in [6.07, 6.45) is 9.60. The Labute approximate surface area is 120 Å². The summed E-state index contributed by atoms with van der Waals surface area (Å²) in [6.45, 7) is 5.53. The van der Waals surface area contributed by atoms with E-state index >= 15 is 0 Å². The predicted molar refractivity (Wildman–Crippen MR) is 78.0 cm³/mol. The van der Waals surface area contributed by atoms with E-state index in [0.29, 0.717) is 0 Å². The van der Waals surface area contributed by atoms with E-state index in [4.69, 9.17) is 9.47 Å². The first-order valence-electron chi connectivity index (χ1n) is 6.42. The Hall–Kier alpha value is -2.06. The molecule has 4 heteroatoms. The van der Waals surface area contributed by atoms with Crippen LogP contribution in [0.5, 0.6) is 0 Å². The predicted octanol–water partition coefficient (Wildman–Crippen LogP) is 2.96.